The number of nitrogens with zero attached hydrogens (tertiary/aromatic N) is 2. The monoisotopic (exact) mass is 302 g/mol. The average Bonchev–Trinajstić information content (AvgIpc) is 2.53. The molecule has 0 amide bonds. The van der Waals surface area contributed by atoms with E-state index in [2.05, 4.69) is 48.2 Å². The lowest BCUT2D eigenvalue weighted by Gasteiger charge is -2.06. The molecule has 2 rings (SSSR count). The van der Waals surface area contributed by atoms with Crippen LogP contribution in [-0.4, -0.2) is 9.38 Å². The number of aryl methyl sites for hydroxylation is 1. The van der Waals surface area contributed by atoms with Crippen LogP contribution < -0.4 is 0 Å². The van der Waals surface area contributed by atoms with Crippen LogP contribution in [0, 0.1) is 0 Å². The molecule has 0 bridgehead atoms. The van der Waals surface area contributed by atoms with Crippen molar-refractivity contribution in [2.75, 3.05) is 0 Å². The second-order valence-corrected chi connectivity index (χ2v) is 4.47. The van der Waals surface area contributed by atoms with Crippen molar-refractivity contribution in [3.63, 3.8) is 0 Å². The van der Waals surface area contributed by atoms with E-state index in [4.69, 9.17) is 0 Å². The van der Waals surface area contributed by atoms with Crippen LogP contribution in [0.4, 0.5) is 0 Å². The lowest BCUT2D eigenvalue weighted by atomic mass is 10.3. The third kappa shape index (κ3) is 1.42. The average molecular weight is 304 g/mol. The Morgan fingerprint density at radius 2 is 2.15 bits per heavy atom. The fourth-order valence-electron chi connectivity index (χ4n) is 1.41. The molecule has 68 valence electrons. The van der Waals surface area contributed by atoms with E-state index in [1.165, 1.54) is 5.69 Å². The molecule has 0 aliphatic rings. The quantitative estimate of drug-likeness (QED) is 0.789. The second-order valence-electron chi connectivity index (χ2n) is 2.76. The zero-order chi connectivity index (χ0) is 9.42. The maximum absolute atomic E-state index is 4.26. The maximum atomic E-state index is 4.26. The predicted molar refractivity (Wildman–Crippen MR) is 60.0 cm³/mol. The van der Waals surface area contributed by atoms with Gasteiger partial charge in [0.25, 0.3) is 0 Å². The van der Waals surface area contributed by atoms with Gasteiger partial charge in [-0.1, -0.05) is 6.92 Å². The van der Waals surface area contributed by atoms with Crippen LogP contribution in [0.5, 0.6) is 0 Å². The van der Waals surface area contributed by atoms with Crippen molar-refractivity contribution in [2.45, 2.75) is 13.3 Å². The van der Waals surface area contributed by atoms with E-state index < -0.39 is 0 Å². The van der Waals surface area contributed by atoms with Gasteiger partial charge in [0.1, 0.15) is 0 Å². The summed E-state index contributed by atoms with van der Waals surface area (Å²) >= 11 is 7.01. The zero-order valence-corrected chi connectivity index (χ0v) is 10.3. The van der Waals surface area contributed by atoms with Gasteiger partial charge in [-0.3, -0.25) is 0 Å². The van der Waals surface area contributed by atoms with Gasteiger partial charge < -0.3 is 4.40 Å². The highest BCUT2D eigenvalue weighted by Gasteiger charge is 2.07. The van der Waals surface area contributed by atoms with Crippen LogP contribution in [-0.2, 0) is 6.42 Å². The Morgan fingerprint density at radius 1 is 1.38 bits per heavy atom. The second kappa shape index (κ2) is 3.42. The van der Waals surface area contributed by atoms with Gasteiger partial charge in [0.2, 0.25) is 0 Å². The SMILES string of the molecule is CCc1c(Br)cc(Br)c2nccn12. The van der Waals surface area contributed by atoms with E-state index in [-0.39, 0.29) is 0 Å². The van der Waals surface area contributed by atoms with E-state index in [9.17, 15) is 0 Å². The predicted octanol–water partition coefficient (Wildman–Crippen LogP) is 3.42. The summed E-state index contributed by atoms with van der Waals surface area (Å²) in [6, 6.07) is 2.04. The highest BCUT2D eigenvalue weighted by molar-refractivity contribution is 9.11. The summed E-state index contributed by atoms with van der Waals surface area (Å²) in [4.78, 5) is 4.26. The Morgan fingerprint density at radius 3 is 2.85 bits per heavy atom. The standard InChI is InChI=1S/C9H8Br2N2/c1-2-8-6(10)5-7(11)9-12-3-4-13(8)9/h3-5H,2H2,1H3. The summed E-state index contributed by atoms with van der Waals surface area (Å²) in [5, 5.41) is 0. The number of halogens is 2. The molecular formula is C9H8Br2N2. The van der Waals surface area contributed by atoms with Crippen molar-refractivity contribution in [3.05, 3.63) is 33.1 Å². The largest absolute Gasteiger partial charge is 0.302 e. The highest BCUT2D eigenvalue weighted by atomic mass is 79.9. The first-order valence-electron chi connectivity index (χ1n) is 4.04. The summed E-state index contributed by atoms with van der Waals surface area (Å²) in [5.74, 6) is 0. The molecule has 4 heteroatoms. The van der Waals surface area contributed by atoms with Crippen molar-refractivity contribution >= 4 is 37.5 Å². The van der Waals surface area contributed by atoms with Crippen LogP contribution >= 0.6 is 31.9 Å². The first-order valence-corrected chi connectivity index (χ1v) is 5.62. The Balaban J connectivity index is 2.88. The van der Waals surface area contributed by atoms with Crippen molar-refractivity contribution < 1.29 is 0 Å². The van der Waals surface area contributed by atoms with Crippen molar-refractivity contribution in [3.8, 4) is 0 Å². The summed E-state index contributed by atoms with van der Waals surface area (Å²) in [6.45, 7) is 2.13. The minimum absolute atomic E-state index is 0.972. The van der Waals surface area contributed by atoms with Gasteiger partial charge in [0.15, 0.2) is 5.65 Å². The molecule has 2 aromatic heterocycles. The molecule has 0 aliphatic heterocycles. The molecule has 0 radical (unpaired) electrons. The van der Waals surface area contributed by atoms with Gasteiger partial charge in [0.05, 0.1) is 4.47 Å². The molecule has 0 aliphatic carbocycles. The van der Waals surface area contributed by atoms with E-state index in [1.807, 2.05) is 18.5 Å². The van der Waals surface area contributed by atoms with Crippen molar-refractivity contribution in [1.29, 1.82) is 0 Å². The van der Waals surface area contributed by atoms with Crippen molar-refractivity contribution in [2.24, 2.45) is 0 Å². The van der Waals surface area contributed by atoms with Crippen LogP contribution in [0.3, 0.4) is 0 Å². The molecule has 13 heavy (non-hydrogen) atoms. The van der Waals surface area contributed by atoms with Crippen LogP contribution in [0.25, 0.3) is 5.65 Å². The molecule has 2 nitrogen and oxygen atoms in total. The minimum Gasteiger partial charge on any atom is -0.302 e. The van der Waals surface area contributed by atoms with E-state index in [0.29, 0.717) is 0 Å². The fraction of sp³-hybridized carbons (Fsp3) is 0.222. The summed E-state index contributed by atoms with van der Waals surface area (Å²) in [6.07, 6.45) is 4.77. The topological polar surface area (TPSA) is 17.3 Å². The first-order chi connectivity index (χ1) is 6.24. The van der Waals surface area contributed by atoms with E-state index in [1.54, 1.807) is 0 Å². The number of rotatable bonds is 1. The fourth-order valence-corrected chi connectivity index (χ4v) is 2.94. The summed E-state index contributed by atoms with van der Waals surface area (Å²) in [5.41, 5.74) is 2.22. The van der Waals surface area contributed by atoms with Gasteiger partial charge in [-0.05, 0) is 44.3 Å². The molecule has 0 saturated heterocycles. The molecule has 0 saturated carbocycles. The third-order valence-electron chi connectivity index (χ3n) is 2.01. The molecule has 0 spiro atoms. The normalized spacial score (nSPS) is 11.0. The van der Waals surface area contributed by atoms with Crippen LogP contribution in [0.1, 0.15) is 12.6 Å². The number of fused-ring (bicyclic) bond motifs is 1. The van der Waals surface area contributed by atoms with Crippen LogP contribution in [0.2, 0.25) is 0 Å². The molecule has 0 N–H and O–H groups in total. The van der Waals surface area contributed by atoms with E-state index in [0.717, 1.165) is 21.0 Å². The number of pyridine rings is 1. The first kappa shape index (κ1) is 9.21. The van der Waals surface area contributed by atoms with Crippen molar-refractivity contribution in [1.82, 2.24) is 9.38 Å². The smallest absolute Gasteiger partial charge is 0.151 e. The molecule has 0 aromatic carbocycles. The number of hydrogen-bond donors (Lipinski definition) is 0. The summed E-state index contributed by atoms with van der Waals surface area (Å²) < 4.78 is 4.22. The zero-order valence-electron chi connectivity index (χ0n) is 7.09. The Bertz CT molecular complexity index is 448. The number of imidazole rings is 1. The molecule has 0 fully saturated rings. The maximum Gasteiger partial charge on any atom is 0.151 e. The van der Waals surface area contributed by atoms with Gasteiger partial charge in [-0.25, -0.2) is 4.98 Å². The van der Waals surface area contributed by atoms with Gasteiger partial charge in [-0.15, -0.1) is 0 Å². The Labute approximate surface area is 93.2 Å². The summed E-state index contributed by atoms with van der Waals surface area (Å²) in [7, 11) is 0. The Kier molecular flexibility index (Phi) is 2.43. The molecule has 2 heterocycles. The molecule has 0 atom stereocenters. The van der Waals surface area contributed by atoms with Gasteiger partial charge in [-0.2, -0.15) is 0 Å². The van der Waals surface area contributed by atoms with Crippen LogP contribution in [0.15, 0.2) is 27.4 Å². The van der Waals surface area contributed by atoms with E-state index >= 15 is 0 Å². The molecular weight excluding hydrogens is 296 g/mol. The minimum atomic E-state index is 0.972. The van der Waals surface area contributed by atoms with Gasteiger partial charge >= 0.3 is 0 Å². The highest BCUT2D eigenvalue weighted by Crippen LogP contribution is 2.26. The lowest BCUT2D eigenvalue weighted by Crippen LogP contribution is -1.96. The number of aromatic nitrogens is 2. The van der Waals surface area contributed by atoms with Gasteiger partial charge in [0, 0.05) is 22.6 Å². The molecule has 2 aromatic rings. The molecule has 0 unspecified atom stereocenters. The lowest BCUT2D eigenvalue weighted by molar-refractivity contribution is 0.965. The number of hydrogen-bond acceptors (Lipinski definition) is 1. The Hall–Kier alpha value is -0.350. The third-order valence-corrected chi connectivity index (χ3v) is 3.28.